The summed E-state index contributed by atoms with van der Waals surface area (Å²) in [7, 11) is 0. The summed E-state index contributed by atoms with van der Waals surface area (Å²) in [5.74, 6) is 2.25. The molecular weight excluding hydrogens is 422 g/mol. The fraction of sp³-hybridized carbons (Fsp3) is 0.160. The second-order valence-corrected chi connectivity index (χ2v) is 10.0. The molecule has 0 saturated carbocycles. The number of pyridine rings is 2. The molecule has 0 unspecified atom stereocenters. The summed E-state index contributed by atoms with van der Waals surface area (Å²) in [4.78, 5) is 22.2. The molecule has 2 aromatic carbocycles. The number of fused-ring (bicyclic) bond motifs is 1. The van der Waals surface area contributed by atoms with Crippen molar-refractivity contribution in [2.24, 2.45) is 0 Å². The molecule has 6 heteroatoms. The van der Waals surface area contributed by atoms with Gasteiger partial charge in [-0.15, -0.1) is 23.5 Å². The maximum Gasteiger partial charge on any atom is 0.256 e. The zero-order valence-corrected chi connectivity index (χ0v) is 18.5. The molecule has 0 spiro atoms. The number of amides is 1. The van der Waals surface area contributed by atoms with Crippen molar-refractivity contribution in [3.8, 4) is 11.3 Å². The van der Waals surface area contributed by atoms with Crippen molar-refractivity contribution >= 4 is 46.0 Å². The van der Waals surface area contributed by atoms with Crippen LogP contribution in [0.25, 0.3) is 22.2 Å². The van der Waals surface area contributed by atoms with E-state index in [1.807, 2.05) is 78.1 Å². The predicted octanol–water partition coefficient (Wildman–Crippen LogP) is 6.42. The third kappa shape index (κ3) is 4.45. The Kier molecular flexibility index (Phi) is 5.91. The first-order chi connectivity index (χ1) is 15.3. The van der Waals surface area contributed by atoms with Crippen molar-refractivity contribution < 1.29 is 4.79 Å². The van der Waals surface area contributed by atoms with Gasteiger partial charge >= 0.3 is 0 Å². The minimum atomic E-state index is -0.130. The summed E-state index contributed by atoms with van der Waals surface area (Å²) in [6, 6.07) is 21.7. The van der Waals surface area contributed by atoms with Gasteiger partial charge in [0.25, 0.3) is 5.91 Å². The van der Waals surface area contributed by atoms with Crippen molar-refractivity contribution in [3.05, 3.63) is 90.3 Å². The molecule has 0 radical (unpaired) electrons. The third-order valence-electron chi connectivity index (χ3n) is 5.18. The molecule has 2 aromatic heterocycles. The molecule has 1 N–H and O–H groups in total. The molecule has 31 heavy (non-hydrogen) atoms. The molecule has 1 amide bonds. The van der Waals surface area contributed by atoms with Gasteiger partial charge in [-0.05, 0) is 59.9 Å². The Balaban J connectivity index is 1.48. The molecule has 1 aliphatic rings. The van der Waals surface area contributed by atoms with Crippen LogP contribution in [-0.2, 0) is 0 Å². The summed E-state index contributed by atoms with van der Waals surface area (Å²) in [6.45, 7) is 0. The van der Waals surface area contributed by atoms with Crippen LogP contribution in [-0.4, -0.2) is 27.4 Å². The first kappa shape index (κ1) is 20.1. The Hall–Kier alpha value is -2.83. The number of hydrogen-bond acceptors (Lipinski definition) is 5. The van der Waals surface area contributed by atoms with Gasteiger partial charge in [0.2, 0.25) is 0 Å². The monoisotopic (exact) mass is 443 g/mol. The number of nitrogens with one attached hydrogen (secondary N) is 1. The van der Waals surface area contributed by atoms with Crippen LogP contribution < -0.4 is 5.32 Å². The van der Waals surface area contributed by atoms with Crippen LogP contribution in [0.5, 0.6) is 0 Å². The van der Waals surface area contributed by atoms with Crippen LogP contribution in [0.2, 0.25) is 0 Å². The molecule has 4 nitrogen and oxygen atoms in total. The maximum atomic E-state index is 13.3. The zero-order valence-electron chi connectivity index (χ0n) is 16.8. The van der Waals surface area contributed by atoms with Crippen molar-refractivity contribution in [1.82, 2.24) is 9.97 Å². The summed E-state index contributed by atoms with van der Waals surface area (Å²) in [6.07, 6.45) is 4.73. The van der Waals surface area contributed by atoms with E-state index >= 15 is 0 Å². The highest BCUT2D eigenvalue weighted by molar-refractivity contribution is 8.16. The van der Waals surface area contributed by atoms with E-state index in [2.05, 4.69) is 22.4 Å². The van der Waals surface area contributed by atoms with Crippen LogP contribution in [0.3, 0.4) is 0 Å². The van der Waals surface area contributed by atoms with E-state index in [9.17, 15) is 4.79 Å². The molecule has 0 atom stereocenters. The Bertz CT molecular complexity index is 1220. The Morgan fingerprint density at radius 2 is 1.74 bits per heavy atom. The minimum absolute atomic E-state index is 0.130. The van der Waals surface area contributed by atoms with Gasteiger partial charge in [-0.1, -0.05) is 30.3 Å². The fourth-order valence-electron chi connectivity index (χ4n) is 3.68. The third-order valence-corrected chi connectivity index (χ3v) is 8.20. The molecule has 5 rings (SSSR count). The fourth-order valence-corrected chi connectivity index (χ4v) is 6.55. The SMILES string of the molecule is O=C(Nc1cccc(C2SCCCS2)c1)c1cc(-c2ccncc2)nc2ccccc12. The largest absolute Gasteiger partial charge is 0.322 e. The first-order valence-electron chi connectivity index (χ1n) is 10.2. The number of carbonyl (C=O) groups excluding carboxylic acids is 1. The van der Waals surface area contributed by atoms with E-state index in [4.69, 9.17) is 4.98 Å². The minimum Gasteiger partial charge on any atom is -0.322 e. The highest BCUT2D eigenvalue weighted by atomic mass is 32.2. The van der Waals surface area contributed by atoms with E-state index in [1.54, 1.807) is 12.4 Å². The maximum absolute atomic E-state index is 13.3. The van der Waals surface area contributed by atoms with Gasteiger partial charge in [-0.25, -0.2) is 4.98 Å². The molecule has 3 heterocycles. The standard InChI is InChI=1S/C25H21N3OS2/c29-24(27-19-6-3-5-18(15-19)25-30-13-4-14-31-25)21-16-23(17-9-11-26-12-10-17)28-22-8-2-1-7-20(21)22/h1-3,5-12,15-16,25H,4,13-14H2,(H,27,29). The van der Waals surface area contributed by atoms with Gasteiger partial charge in [0.15, 0.2) is 0 Å². The topological polar surface area (TPSA) is 54.9 Å². The number of benzene rings is 2. The number of carbonyl (C=O) groups is 1. The number of aromatic nitrogens is 2. The Labute approximate surface area is 189 Å². The van der Waals surface area contributed by atoms with Crippen molar-refractivity contribution in [3.63, 3.8) is 0 Å². The molecule has 1 aliphatic heterocycles. The Morgan fingerprint density at radius 1 is 0.935 bits per heavy atom. The molecule has 0 bridgehead atoms. The number of anilines is 1. The summed E-state index contributed by atoms with van der Waals surface area (Å²) in [5, 5.41) is 3.95. The van der Waals surface area contributed by atoms with Gasteiger partial charge in [0.1, 0.15) is 0 Å². The van der Waals surface area contributed by atoms with Crippen LogP contribution in [0.4, 0.5) is 5.69 Å². The van der Waals surface area contributed by atoms with E-state index < -0.39 is 0 Å². The highest BCUT2D eigenvalue weighted by Gasteiger charge is 2.18. The molecule has 1 saturated heterocycles. The summed E-state index contributed by atoms with van der Waals surface area (Å²) >= 11 is 3.96. The van der Waals surface area contributed by atoms with Crippen LogP contribution in [0.15, 0.2) is 79.1 Å². The lowest BCUT2D eigenvalue weighted by Crippen LogP contribution is -2.13. The van der Waals surface area contributed by atoms with E-state index in [1.165, 1.54) is 23.5 Å². The second kappa shape index (κ2) is 9.12. The molecule has 154 valence electrons. The lowest BCUT2D eigenvalue weighted by atomic mass is 10.0. The lowest BCUT2D eigenvalue weighted by Gasteiger charge is -2.21. The summed E-state index contributed by atoms with van der Waals surface area (Å²) < 4.78 is 0.436. The second-order valence-electron chi connectivity index (χ2n) is 7.31. The van der Waals surface area contributed by atoms with Gasteiger partial charge in [-0.2, -0.15) is 0 Å². The van der Waals surface area contributed by atoms with Crippen molar-refractivity contribution in [2.75, 3.05) is 16.8 Å². The zero-order chi connectivity index (χ0) is 21.0. The number of hydrogen-bond donors (Lipinski definition) is 1. The van der Waals surface area contributed by atoms with E-state index in [0.29, 0.717) is 10.1 Å². The normalized spacial score (nSPS) is 14.5. The van der Waals surface area contributed by atoms with Gasteiger partial charge in [0.05, 0.1) is 21.4 Å². The molecule has 0 aliphatic carbocycles. The summed E-state index contributed by atoms with van der Waals surface area (Å²) in [5.41, 5.74) is 5.18. The number of para-hydroxylation sites is 1. The molecular formula is C25H21N3OS2. The van der Waals surface area contributed by atoms with Crippen LogP contribution in [0.1, 0.15) is 26.9 Å². The van der Waals surface area contributed by atoms with Gasteiger partial charge in [-0.3, -0.25) is 9.78 Å². The van der Waals surface area contributed by atoms with Crippen molar-refractivity contribution in [2.45, 2.75) is 11.0 Å². The van der Waals surface area contributed by atoms with Crippen LogP contribution in [0, 0.1) is 0 Å². The number of thioether (sulfide) groups is 2. The predicted molar refractivity (Wildman–Crippen MR) is 132 cm³/mol. The van der Waals surface area contributed by atoms with E-state index in [0.717, 1.165) is 27.8 Å². The Morgan fingerprint density at radius 3 is 2.58 bits per heavy atom. The number of rotatable bonds is 4. The van der Waals surface area contributed by atoms with Crippen molar-refractivity contribution in [1.29, 1.82) is 0 Å². The lowest BCUT2D eigenvalue weighted by molar-refractivity contribution is 0.102. The molecule has 1 fully saturated rings. The average Bonchev–Trinajstić information content (AvgIpc) is 2.84. The van der Waals surface area contributed by atoms with Crippen LogP contribution >= 0.6 is 23.5 Å². The number of nitrogens with zero attached hydrogens (tertiary/aromatic N) is 2. The highest BCUT2D eigenvalue weighted by Crippen LogP contribution is 2.44. The quantitative estimate of drug-likeness (QED) is 0.394. The van der Waals surface area contributed by atoms with Gasteiger partial charge in [0, 0.05) is 29.0 Å². The molecule has 4 aromatic rings. The smallest absolute Gasteiger partial charge is 0.256 e. The average molecular weight is 444 g/mol. The van der Waals surface area contributed by atoms with Gasteiger partial charge < -0.3 is 5.32 Å². The first-order valence-corrected chi connectivity index (χ1v) is 12.3. The van der Waals surface area contributed by atoms with E-state index in [-0.39, 0.29) is 5.91 Å².